The predicted molar refractivity (Wildman–Crippen MR) is 118 cm³/mol. The number of hydrogen-bond acceptors (Lipinski definition) is 5. The van der Waals surface area contributed by atoms with E-state index in [-0.39, 0.29) is 11.9 Å². The first-order valence-electron chi connectivity index (χ1n) is 9.31. The molecule has 4 aromatic rings. The topological polar surface area (TPSA) is 50.5 Å². The molecule has 1 aliphatic heterocycles. The largest absolute Gasteiger partial charge is 0.273 e. The van der Waals surface area contributed by atoms with E-state index in [2.05, 4.69) is 17.2 Å². The number of carbonyl (C=O) groups excluding carboxylic acids is 1. The molecule has 0 unspecified atom stereocenters. The van der Waals surface area contributed by atoms with Gasteiger partial charge in [-0.05, 0) is 35.0 Å². The molecular formula is C22H18N4OS2. The highest BCUT2D eigenvalue weighted by Gasteiger charge is 2.35. The smallest absolute Gasteiger partial charge is 0.240 e. The predicted octanol–water partition coefficient (Wildman–Crippen LogP) is 5.36. The van der Waals surface area contributed by atoms with Crippen LogP contribution in [0, 0.1) is 0 Å². The van der Waals surface area contributed by atoms with Gasteiger partial charge in [0.15, 0.2) is 0 Å². The lowest BCUT2D eigenvalue weighted by atomic mass is 10.0. The molecule has 0 radical (unpaired) electrons. The quantitative estimate of drug-likeness (QED) is 0.448. The fourth-order valence-corrected chi connectivity index (χ4v) is 5.04. The SMILES string of the molecule is CC(=O)N1N=C(c2cccs2)C[C@@H]1c1cn(-c2ccccc2)nc1-c1cccs1. The third-order valence-electron chi connectivity index (χ3n) is 4.92. The third kappa shape index (κ3) is 3.32. The fraction of sp³-hybridized carbons (Fsp3) is 0.136. The lowest BCUT2D eigenvalue weighted by Gasteiger charge is -2.19. The molecule has 0 spiro atoms. The van der Waals surface area contributed by atoms with Crippen LogP contribution in [0.5, 0.6) is 0 Å². The summed E-state index contributed by atoms with van der Waals surface area (Å²) >= 11 is 3.30. The van der Waals surface area contributed by atoms with Crippen molar-refractivity contribution < 1.29 is 4.79 Å². The average Bonchev–Trinajstić information content (AvgIpc) is 3.54. The van der Waals surface area contributed by atoms with E-state index in [1.165, 1.54) is 0 Å². The number of hydrazone groups is 1. The highest BCUT2D eigenvalue weighted by Crippen LogP contribution is 2.39. The summed E-state index contributed by atoms with van der Waals surface area (Å²) < 4.78 is 1.89. The Balaban J connectivity index is 1.61. The summed E-state index contributed by atoms with van der Waals surface area (Å²) in [6, 6.07) is 18.0. The second-order valence-electron chi connectivity index (χ2n) is 6.80. The molecule has 5 nitrogen and oxygen atoms in total. The summed E-state index contributed by atoms with van der Waals surface area (Å²) in [5, 5.41) is 15.3. The molecule has 0 N–H and O–H groups in total. The summed E-state index contributed by atoms with van der Waals surface area (Å²) in [7, 11) is 0. The van der Waals surface area contributed by atoms with Gasteiger partial charge in [0.1, 0.15) is 5.69 Å². The Hall–Kier alpha value is -3.03. The number of nitrogens with zero attached hydrogens (tertiary/aromatic N) is 4. The zero-order valence-electron chi connectivity index (χ0n) is 15.7. The van der Waals surface area contributed by atoms with Gasteiger partial charge in [0.2, 0.25) is 5.91 Å². The molecule has 0 saturated heterocycles. The van der Waals surface area contributed by atoms with E-state index in [1.54, 1.807) is 34.6 Å². The molecule has 4 heterocycles. The van der Waals surface area contributed by atoms with Crippen molar-refractivity contribution >= 4 is 34.3 Å². The zero-order chi connectivity index (χ0) is 19.8. The van der Waals surface area contributed by atoms with Gasteiger partial charge in [0.25, 0.3) is 0 Å². The van der Waals surface area contributed by atoms with Gasteiger partial charge in [0.05, 0.1) is 27.2 Å². The molecule has 144 valence electrons. The first kappa shape index (κ1) is 18.0. The molecule has 0 aliphatic carbocycles. The van der Waals surface area contributed by atoms with Gasteiger partial charge in [-0.25, -0.2) is 9.69 Å². The second kappa shape index (κ2) is 7.42. The van der Waals surface area contributed by atoms with Gasteiger partial charge in [-0.2, -0.15) is 10.2 Å². The standard InChI is InChI=1S/C22H18N4OS2/c1-15(27)26-19(13-18(23-26)20-9-5-11-28-20)17-14-25(16-7-3-2-4-8-16)24-22(17)21-10-6-12-29-21/h2-12,14,19H,13H2,1H3/t19-/m1/s1. The van der Waals surface area contributed by atoms with Crippen molar-refractivity contribution in [1.29, 1.82) is 0 Å². The summed E-state index contributed by atoms with van der Waals surface area (Å²) in [5.41, 5.74) is 3.86. The van der Waals surface area contributed by atoms with Crippen LogP contribution in [0.25, 0.3) is 16.3 Å². The Bertz CT molecular complexity index is 1160. The summed E-state index contributed by atoms with van der Waals surface area (Å²) in [6.45, 7) is 1.57. The van der Waals surface area contributed by atoms with Crippen LogP contribution in [0.1, 0.15) is 29.8 Å². The van der Waals surface area contributed by atoms with Crippen LogP contribution in [-0.2, 0) is 4.79 Å². The normalized spacial score (nSPS) is 16.2. The number of carbonyl (C=O) groups is 1. The van der Waals surface area contributed by atoms with E-state index >= 15 is 0 Å². The van der Waals surface area contributed by atoms with E-state index in [0.717, 1.165) is 32.4 Å². The number of aromatic nitrogens is 2. The minimum absolute atomic E-state index is 0.0638. The maximum absolute atomic E-state index is 12.4. The van der Waals surface area contributed by atoms with E-state index < -0.39 is 0 Å². The Morgan fingerprint density at radius 2 is 1.72 bits per heavy atom. The van der Waals surface area contributed by atoms with Crippen molar-refractivity contribution in [3.05, 3.63) is 82.0 Å². The Morgan fingerprint density at radius 3 is 2.38 bits per heavy atom. The van der Waals surface area contributed by atoms with Crippen LogP contribution in [0.4, 0.5) is 0 Å². The molecule has 0 bridgehead atoms. The average molecular weight is 419 g/mol. The van der Waals surface area contributed by atoms with Crippen molar-refractivity contribution in [3.8, 4) is 16.3 Å². The van der Waals surface area contributed by atoms with Crippen molar-refractivity contribution in [3.63, 3.8) is 0 Å². The van der Waals surface area contributed by atoms with E-state index in [4.69, 9.17) is 5.10 Å². The van der Waals surface area contributed by atoms with Crippen molar-refractivity contribution in [2.45, 2.75) is 19.4 Å². The lowest BCUT2D eigenvalue weighted by molar-refractivity contribution is -0.130. The van der Waals surface area contributed by atoms with Crippen molar-refractivity contribution in [2.24, 2.45) is 5.10 Å². The molecule has 0 fully saturated rings. The molecular weight excluding hydrogens is 400 g/mol. The summed E-state index contributed by atoms with van der Waals surface area (Å²) in [5.74, 6) is -0.0638. The minimum Gasteiger partial charge on any atom is -0.273 e. The van der Waals surface area contributed by atoms with Gasteiger partial charge in [-0.1, -0.05) is 30.3 Å². The van der Waals surface area contributed by atoms with Crippen LogP contribution in [0.3, 0.4) is 0 Å². The summed E-state index contributed by atoms with van der Waals surface area (Å²) in [4.78, 5) is 14.6. The molecule has 1 aliphatic rings. The van der Waals surface area contributed by atoms with Crippen LogP contribution >= 0.6 is 22.7 Å². The van der Waals surface area contributed by atoms with Crippen molar-refractivity contribution in [2.75, 3.05) is 0 Å². The molecule has 29 heavy (non-hydrogen) atoms. The van der Waals surface area contributed by atoms with Crippen LogP contribution in [0.15, 0.2) is 76.7 Å². The highest BCUT2D eigenvalue weighted by atomic mass is 32.1. The maximum Gasteiger partial charge on any atom is 0.240 e. The maximum atomic E-state index is 12.4. The lowest BCUT2D eigenvalue weighted by Crippen LogP contribution is -2.24. The van der Waals surface area contributed by atoms with E-state index in [1.807, 2.05) is 64.1 Å². The van der Waals surface area contributed by atoms with Gasteiger partial charge in [-0.3, -0.25) is 4.79 Å². The monoisotopic (exact) mass is 418 g/mol. The molecule has 5 rings (SSSR count). The molecule has 1 amide bonds. The molecule has 1 atom stereocenters. The Kier molecular flexibility index (Phi) is 4.61. The van der Waals surface area contributed by atoms with Gasteiger partial charge < -0.3 is 0 Å². The van der Waals surface area contributed by atoms with E-state index in [0.29, 0.717) is 6.42 Å². The number of rotatable bonds is 4. The third-order valence-corrected chi connectivity index (χ3v) is 6.71. The van der Waals surface area contributed by atoms with Crippen LogP contribution in [0.2, 0.25) is 0 Å². The minimum atomic E-state index is -0.167. The van der Waals surface area contributed by atoms with Gasteiger partial charge >= 0.3 is 0 Å². The number of amides is 1. The molecule has 0 saturated carbocycles. The zero-order valence-corrected chi connectivity index (χ0v) is 17.4. The Morgan fingerprint density at radius 1 is 1.00 bits per heavy atom. The summed E-state index contributed by atoms with van der Waals surface area (Å²) in [6.07, 6.45) is 2.72. The van der Waals surface area contributed by atoms with Crippen LogP contribution < -0.4 is 0 Å². The van der Waals surface area contributed by atoms with E-state index in [9.17, 15) is 4.79 Å². The first-order chi connectivity index (χ1) is 14.2. The Labute approximate surface area is 176 Å². The first-order valence-corrected chi connectivity index (χ1v) is 11.1. The van der Waals surface area contributed by atoms with Gasteiger partial charge in [-0.15, -0.1) is 22.7 Å². The highest BCUT2D eigenvalue weighted by molar-refractivity contribution is 7.13. The number of benzene rings is 1. The second-order valence-corrected chi connectivity index (χ2v) is 8.69. The number of hydrogen-bond donors (Lipinski definition) is 0. The molecule has 7 heteroatoms. The fourth-order valence-electron chi connectivity index (χ4n) is 3.58. The number of para-hydroxylation sites is 1. The van der Waals surface area contributed by atoms with Crippen LogP contribution in [-0.4, -0.2) is 26.4 Å². The number of thiophene rings is 2. The molecule has 3 aromatic heterocycles. The molecule has 1 aromatic carbocycles. The van der Waals surface area contributed by atoms with Gasteiger partial charge in [0, 0.05) is 25.1 Å². The van der Waals surface area contributed by atoms with Crippen molar-refractivity contribution in [1.82, 2.24) is 14.8 Å².